The zero-order chi connectivity index (χ0) is 24.5. The second kappa shape index (κ2) is 9.61. The number of benzene rings is 2. The van der Waals surface area contributed by atoms with Gasteiger partial charge in [-0.05, 0) is 42.6 Å². The number of para-hydroxylation sites is 1. The number of ether oxygens (including phenoxy) is 1. The number of morpholine rings is 1. The van der Waals surface area contributed by atoms with Gasteiger partial charge < -0.3 is 14.2 Å². The monoisotopic (exact) mass is 508 g/mol. The summed E-state index contributed by atoms with van der Waals surface area (Å²) in [6.07, 6.45) is 3.32. The number of hydrogen-bond acceptors (Lipinski definition) is 5. The first-order chi connectivity index (χ1) is 16.9. The Morgan fingerprint density at radius 3 is 2.66 bits per heavy atom. The molecule has 178 valence electrons. The Kier molecular flexibility index (Phi) is 6.38. The lowest BCUT2D eigenvalue weighted by molar-refractivity contribution is -0.135. The molecule has 5 rings (SSSR count). The van der Waals surface area contributed by atoms with Crippen molar-refractivity contribution in [3.63, 3.8) is 0 Å². The van der Waals surface area contributed by atoms with Crippen molar-refractivity contribution >= 4 is 69.3 Å². The highest BCUT2D eigenvalue weighted by atomic mass is 35.5. The first-order valence-corrected chi connectivity index (χ1v) is 11.8. The zero-order valence-electron chi connectivity index (χ0n) is 18.6. The van der Waals surface area contributed by atoms with Crippen molar-refractivity contribution in [2.75, 3.05) is 31.2 Å². The summed E-state index contributed by atoms with van der Waals surface area (Å²) in [4.78, 5) is 42.0. The molecule has 0 aliphatic carbocycles. The van der Waals surface area contributed by atoms with Crippen molar-refractivity contribution in [3.05, 3.63) is 70.9 Å². The van der Waals surface area contributed by atoms with Crippen LogP contribution in [0.5, 0.6) is 0 Å². The molecule has 8 nitrogen and oxygen atoms in total. The van der Waals surface area contributed by atoms with Gasteiger partial charge in [0.1, 0.15) is 12.1 Å². The summed E-state index contributed by atoms with van der Waals surface area (Å²) in [7, 11) is 0. The molecule has 3 aromatic rings. The molecule has 0 spiro atoms. The number of nitrogens with zero attached hydrogens (tertiary/aromatic N) is 3. The van der Waals surface area contributed by atoms with E-state index in [1.807, 2.05) is 28.8 Å². The van der Waals surface area contributed by atoms with E-state index in [1.54, 1.807) is 35.4 Å². The van der Waals surface area contributed by atoms with Gasteiger partial charge in [0.2, 0.25) is 5.91 Å². The van der Waals surface area contributed by atoms with Crippen LogP contribution in [0.15, 0.2) is 60.3 Å². The van der Waals surface area contributed by atoms with E-state index in [0.717, 1.165) is 10.9 Å². The van der Waals surface area contributed by atoms with Crippen LogP contribution in [0.25, 0.3) is 17.0 Å². The van der Waals surface area contributed by atoms with E-state index < -0.39 is 11.8 Å². The van der Waals surface area contributed by atoms with Gasteiger partial charge in [0.25, 0.3) is 11.8 Å². The molecule has 0 bridgehead atoms. The van der Waals surface area contributed by atoms with E-state index in [9.17, 15) is 14.4 Å². The summed E-state index contributed by atoms with van der Waals surface area (Å²) in [5.74, 6) is -1.15. The van der Waals surface area contributed by atoms with Crippen LogP contribution in [0.4, 0.5) is 5.69 Å². The third-order valence-electron chi connectivity index (χ3n) is 5.96. The molecule has 2 saturated heterocycles. The Morgan fingerprint density at radius 2 is 1.89 bits per heavy atom. The Hall–Kier alpha value is -3.53. The molecular weight excluding hydrogens is 488 g/mol. The summed E-state index contributed by atoms with van der Waals surface area (Å²) in [6, 6.07) is 14.2. The van der Waals surface area contributed by atoms with Crippen molar-refractivity contribution < 1.29 is 19.1 Å². The lowest BCUT2D eigenvalue weighted by Crippen LogP contribution is -2.54. The minimum Gasteiger partial charge on any atom is -0.378 e. The Balaban J connectivity index is 1.51. The number of aromatic nitrogens is 1. The number of rotatable bonds is 4. The van der Waals surface area contributed by atoms with Crippen molar-refractivity contribution in [2.45, 2.75) is 6.54 Å². The number of halogens is 1. The van der Waals surface area contributed by atoms with Crippen LogP contribution in [0.3, 0.4) is 0 Å². The second-order valence-electron chi connectivity index (χ2n) is 8.16. The van der Waals surface area contributed by atoms with Gasteiger partial charge in [0, 0.05) is 40.8 Å². The maximum absolute atomic E-state index is 13.4. The zero-order valence-corrected chi connectivity index (χ0v) is 20.1. The van der Waals surface area contributed by atoms with Crippen LogP contribution in [-0.2, 0) is 25.7 Å². The van der Waals surface area contributed by atoms with Gasteiger partial charge in [-0.1, -0.05) is 35.9 Å². The van der Waals surface area contributed by atoms with Crippen molar-refractivity contribution in [1.82, 2.24) is 14.8 Å². The topological polar surface area (TPSA) is 83.9 Å². The predicted molar refractivity (Wildman–Crippen MR) is 137 cm³/mol. The molecule has 1 N–H and O–H groups in total. The SMILES string of the molecule is O=C1NC(=S)N(c2cccc(Cl)c2)C(=O)/C1=C/c1cn(CC(=O)N2CCOCC2)c2ccccc12. The van der Waals surface area contributed by atoms with Crippen LogP contribution in [0, 0.1) is 0 Å². The number of anilines is 1. The average Bonchev–Trinajstić information content (AvgIpc) is 3.19. The molecule has 0 unspecified atom stereocenters. The molecule has 2 fully saturated rings. The standard InChI is InChI=1S/C25H21ClN4O4S/c26-17-4-3-5-18(13-17)30-24(33)20(23(32)27-25(30)35)12-16-14-29(21-7-2-1-6-19(16)21)15-22(31)28-8-10-34-11-9-28/h1-7,12-14H,8-11,15H2,(H,27,32,35)/b20-12+. The van der Waals surface area contributed by atoms with Gasteiger partial charge in [-0.3, -0.25) is 24.6 Å². The molecule has 3 amide bonds. The molecule has 35 heavy (non-hydrogen) atoms. The number of fused-ring (bicyclic) bond motifs is 1. The first-order valence-electron chi connectivity index (χ1n) is 11.0. The fraction of sp³-hybridized carbons (Fsp3) is 0.200. The Labute approximate surface area is 211 Å². The van der Waals surface area contributed by atoms with Crippen LogP contribution in [0.1, 0.15) is 5.56 Å². The normalized spacial score (nSPS) is 17.9. The summed E-state index contributed by atoms with van der Waals surface area (Å²) >= 11 is 11.4. The van der Waals surface area contributed by atoms with Crippen molar-refractivity contribution in [3.8, 4) is 0 Å². The molecule has 2 aliphatic rings. The first kappa shape index (κ1) is 23.2. The fourth-order valence-corrected chi connectivity index (χ4v) is 4.71. The number of thiocarbonyl (C=S) groups is 1. The van der Waals surface area contributed by atoms with Gasteiger partial charge in [-0.2, -0.15) is 0 Å². The van der Waals surface area contributed by atoms with Crippen LogP contribution in [0.2, 0.25) is 5.02 Å². The van der Waals surface area contributed by atoms with Crippen LogP contribution in [-0.4, -0.2) is 58.6 Å². The average molecular weight is 509 g/mol. The Bertz CT molecular complexity index is 1390. The van der Waals surface area contributed by atoms with E-state index >= 15 is 0 Å². The number of carbonyl (C=O) groups is 3. The summed E-state index contributed by atoms with van der Waals surface area (Å²) < 4.78 is 7.17. The van der Waals surface area contributed by atoms with Gasteiger partial charge in [0.05, 0.1) is 18.9 Å². The molecule has 2 aliphatic heterocycles. The minimum absolute atomic E-state index is 0.0158. The van der Waals surface area contributed by atoms with Gasteiger partial charge in [-0.25, -0.2) is 0 Å². The predicted octanol–water partition coefficient (Wildman–Crippen LogP) is 2.98. The van der Waals surface area contributed by atoms with E-state index in [2.05, 4.69) is 5.32 Å². The molecule has 0 atom stereocenters. The molecule has 3 heterocycles. The molecule has 10 heteroatoms. The van der Waals surface area contributed by atoms with Crippen molar-refractivity contribution in [1.29, 1.82) is 0 Å². The van der Waals surface area contributed by atoms with Crippen LogP contribution < -0.4 is 10.2 Å². The fourth-order valence-electron chi connectivity index (χ4n) is 4.24. The van der Waals surface area contributed by atoms with Gasteiger partial charge >= 0.3 is 0 Å². The molecule has 0 radical (unpaired) electrons. The number of amides is 3. The van der Waals surface area contributed by atoms with Crippen molar-refractivity contribution in [2.24, 2.45) is 0 Å². The van der Waals surface area contributed by atoms with Gasteiger partial charge in [0.15, 0.2) is 5.11 Å². The van der Waals surface area contributed by atoms with E-state index in [-0.39, 0.29) is 23.1 Å². The summed E-state index contributed by atoms with van der Waals surface area (Å²) in [5, 5.41) is 3.83. The highest BCUT2D eigenvalue weighted by Gasteiger charge is 2.34. The summed E-state index contributed by atoms with van der Waals surface area (Å²) in [6.45, 7) is 2.31. The van der Waals surface area contributed by atoms with E-state index in [0.29, 0.717) is 42.6 Å². The smallest absolute Gasteiger partial charge is 0.270 e. The minimum atomic E-state index is -0.584. The maximum atomic E-state index is 13.4. The Morgan fingerprint density at radius 1 is 1.11 bits per heavy atom. The summed E-state index contributed by atoms with van der Waals surface area (Å²) in [5.41, 5.74) is 1.86. The lowest BCUT2D eigenvalue weighted by Gasteiger charge is -2.29. The highest BCUT2D eigenvalue weighted by molar-refractivity contribution is 7.80. The van der Waals surface area contributed by atoms with E-state index in [1.165, 1.54) is 11.0 Å². The lowest BCUT2D eigenvalue weighted by atomic mass is 10.1. The molecule has 0 saturated carbocycles. The molecular formula is C25H21ClN4O4S. The quantitative estimate of drug-likeness (QED) is 0.333. The molecule has 2 aromatic carbocycles. The van der Waals surface area contributed by atoms with E-state index in [4.69, 9.17) is 28.6 Å². The van der Waals surface area contributed by atoms with Gasteiger partial charge in [-0.15, -0.1) is 0 Å². The maximum Gasteiger partial charge on any atom is 0.270 e. The van der Waals surface area contributed by atoms with Crippen LogP contribution >= 0.6 is 23.8 Å². The highest BCUT2D eigenvalue weighted by Crippen LogP contribution is 2.28. The number of hydrogen-bond donors (Lipinski definition) is 1. The number of carbonyl (C=O) groups excluding carboxylic acids is 3. The largest absolute Gasteiger partial charge is 0.378 e. The number of nitrogens with one attached hydrogen (secondary N) is 1. The third-order valence-corrected chi connectivity index (χ3v) is 6.48. The molecule has 1 aromatic heterocycles. The second-order valence-corrected chi connectivity index (χ2v) is 8.98. The third kappa shape index (κ3) is 4.58.